The summed E-state index contributed by atoms with van der Waals surface area (Å²) in [5, 5.41) is 5.96. The van der Waals surface area contributed by atoms with Crippen LogP contribution in [0.15, 0.2) is 24.9 Å². The summed E-state index contributed by atoms with van der Waals surface area (Å²) < 4.78 is 24.2. The number of hydrogen-bond donors (Lipinski definition) is 0. The Bertz CT molecular complexity index is 1530. The number of halogens is 2. The summed E-state index contributed by atoms with van der Waals surface area (Å²) in [6.07, 6.45) is 4.75. The van der Waals surface area contributed by atoms with E-state index in [1.807, 2.05) is 29.6 Å². The number of carbonyl (C=O) groups is 1. The van der Waals surface area contributed by atoms with Crippen LogP contribution >= 0.6 is 11.6 Å². The second-order valence-corrected chi connectivity index (χ2v) is 12.0. The molecule has 0 aliphatic carbocycles. The fraction of sp³-hybridized carbons (Fsp3) is 0.483. The first-order chi connectivity index (χ1) is 18.8. The molecule has 1 spiro atoms. The standard InChI is InChI=1S/C29H32ClFN6O2/c1-4-23(38)37-15-29(16-37)6-8-36(14-29)28-26(31)25(20-5-7-35(11-22(20)33-28)19-12-39-13-19)24-17(2)21(30)9-18-10-32-34(3)27(18)24/h4,9-10,19H,1,5-8,11-16H2,2-3H3. The Kier molecular flexibility index (Phi) is 5.77. The molecular formula is C29H32ClFN6O2. The number of rotatable bonds is 4. The molecule has 1 aromatic carbocycles. The number of aromatic nitrogens is 3. The number of ether oxygens (including phenoxy) is 1. The molecule has 0 radical (unpaired) electrons. The third-order valence-corrected chi connectivity index (χ3v) is 9.58. The fourth-order valence-electron chi connectivity index (χ4n) is 6.91. The zero-order valence-electron chi connectivity index (χ0n) is 22.3. The molecule has 4 aliphatic heterocycles. The van der Waals surface area contributed by atoms with Gasteiger partial charge < -0.3 is 14.5 Å². The molecule has 0 unspecified atom stereocenters. The van der Waals surface area contributed by atoms with Gasteiger partial charge in [-0.25, -0.2) is 9.37 Å². The monoisotopic (exact) mass is 550 g/mol. The van der Waals surface area contributed by atoms with Gasteiger partial charge in [0.05, 0.1) is 36.7 Å². The fourth-order valence-corrected chi connectivity index (χ4v) is 7.12. The highest BCUT2D eigenvalue weighted by atomic mass is 35.5. The van der Waals surface area contributed by atoms with Crippen molar-refractivity contribution in [3.05, 3.63) is 52.6 Å². The van der Waals surface area contributed by atoms with Crippen molar-refractivity contribution in [2.45, 2.75) is 32.4 Å². The van der Waals surface area contributed by atoms with Gasteiger partial charge in [0, 0.05) is 73.3 Å². The molecule has 3 fully saturated rings. The number of benzene rings is 1. The molecule has 6 heterocycles. The van der Waals surface area contributed by atoms with Crippen molar-refractivity contribution in [1.29, 1.82) is 0 Å². The van der Waals surface area contributed by atoms with E-state index in [9.17, 15) is 4.79 Å². The summed E-state index contributed by atoms with van der Waals surface area (Å²) in [6.45, 7) is 11.3. The van der Waals surface area contributed by atoms with Crippen LogP contribution in [0.4, 0.5) is 10.2 Å². The molecule has 204 valence electrons. The van der Waals surface area contributed by atoms with Crippen molar-refractivity contribution >= 4 is 34.2 Å². The average Bonchev–Trinajstić information content (AvgIpc) is 3.47. The van der Waals surface area contributed by atoms with Crippen LogP contribution in [0.5, 0.6) is 0 Å². The van der Waals surface area contributed by atoms with Gasteiger partial charge in [-0.15, -0.1) is 0 Å². The Morgan fingerprint density at radius 1 is 1.26 bits per heavy atom. The predicted molar refractivity (Wildman–Crippen MR) is 148 cm³/mol. The van der Waals surface area contributed by atoms with Gasteiger partial charge in [-0.3, -0.25) is 14.4 Å². The molecule has 39 heavy (non-hydrogen) atoms. The molecule has 7 rings (SSSR count). The van der Waals surface area contributed by atoms with Crippen LogP contribution in [-0.4, -0.2) is 82.5 Å². The van der Waals surface area contributed by atoms with Gasteiger partial charge in [0.2, 0.25) is 5.91 Å². The highest BCUT2D eigenvalue weighted by molar-refractivity contribution is 6.33. The molecule has 0 atom stereocenters. The normalized spacial score (nSPS) is 20.8. The van der Waals surface area contributed by atoms with Gasteiger partial charge in [-0.1, -0.05) is 18.2 Å². The second-order valence-electron chi connectivity index (χ2n) is 11.6. The zero-order chi connectivity index (χ0) is 27.1. The number of anilines is 1. The molecule has 4 aliphatic rings. The van der Waals surface area contributed by atoms with Gasteiger partial charge in [0.25, 0.3) is 0 Å². The first kappa shape index (κ1) is 25.0. The number of carbonyl (C=O) groups excluding carboxylic acids is 1. The molecule has 0 saturated carbocycles. The van der Waals surface area contributed by atoms with E-state index in [2.05, 4.69) is 21.5 Å². The molecule has 0 bridgehead atoms. The maximum absolute atomic E-state index is 17.0. The van der Waals surface area contributed by atoms with Gasteiger partial charge in [0.15, 0.2) is 11.6 Å². The van der Waals surface area contributed by atoms with Crippen LogP contribution < -0.4 is 4.90 Å². The Morgan fingerprint density at radius 3 is 2.77 bits per heavy atom. The molecular weight excluding hydrogens is 519 g/mol. The van der Waals surface area contributed by atoms with E-state index in [-0.39, 0.29) is 17.1 Å². The lowest BCUT2D eigenvalue weighted by Crippen LogP contribution is -2.59. The Labute approximate surface area is 232 Å². The van der Waals surface area contributed by atoms with Gasteiger partial charge in [-0.05, 0) is 43.0 Å². The maximum atomic E-state index is 17.0. The average molecular weight is 551 g/mol. The van der Waals surface area contributed by atoms with E-state index in [4.69, 9.17) is 21.3 Å². The van der Waals surface area contributed by atoms with Gasteiger partial charge in [0.1, 0.15) is 0 Å². The molecule has 3 saturated heterocycles. The molecule has 1 amide bonds. The van der Waals surface area contributed by atoms with Gasteiger partial charge in [-0.2, -0.15) is 5.10 Å². The summed E-state index contributed by atoms with van der Waals surface area (Å²) in [5.41, 5.74) is 4.98. The number of amides is 1. The molecule has 10 heteroatoms. The summed E-state index contributed by atoms with van der Waals surface area (Å²) in [6, 6.07) is 2.29. The summed E-state index contributed by atoms with van der Waals surface area (Å²) in [5.74, 6) is 0.0594. The van der Waals surface area contributed by atoms with Crippen molar-refractivity contribution in [2.75, 3.05) is 50.8 Å². The highest BCUT2D eigenvalue weighted by Crippen LogP contribution is 2.46. The lowest BCUT2D eigenvalue weighted by molar-refractivity contribution is -0.136. The molecule has 2 aromatic heterocycles. The third-order valence-electron chi connectivity index (χ3n) is 9.19. The van der Waals surface area contributed by atoms with E-state index in [1.165, 1.54) is 6.08 Å². The highest BCUT2D eigenvalue weighted by Gasteiger charge is 2.50. The quantitative estimate of drug-likeness (QED) is 0.461. The SMILES string of the molecule is C=CC(=O)N1CC2(CCN(c3nc4c(c(-c5c(C)c(Cl)cc6cnn(C)c56)c3F)CCN(C3COC3)C4)C2)C1. The van der Waals surface area contributed by atoms with E-state index in [0.29, 0.717) is 61.6 Å². The minimum Gasteiger partial charge on any atom is -0.378 e. The van der Waals surface area contributed by atoms with Crippen molar-refractivity contribution in [2.24, 2.45) is 12.5 Å². The topological polar surface area (TPSA) is 66.7 Å². The van der Waals surface area contributed by atoms with Crippen LogP contribution in [0.2, 0.25) is 5.02 Å². The summed E-state index contributed by atoms with van der Waals surface area (Å²) in [7, 11) is 1.89. The van der Waals surface area contributed by atoms with Crippen molar-refractivity contribution < 1.29 is 13.9 Å². The largest absolute Gasteiger partial charge is 0.378 e. The van der Waals surface area contributed by atoms with Crippen LogP contribution in [-0.2, 0) is 29.5 Å². The van der Waals surface area contributed by atoms with E-state index in [1.54, 1.807) is 6.20 Å². The van der Waals surface area contributed by atoms with Crippen molar-refractivity contribution in [1.82, 2.24) is 24.6 Å². The van der Waals surface area contributed by atoms with Crippen LogP contribution in [0.1, 0.15) is 23.2 Å². The third kappa shape index (κ3) is 3.81. The first-order valence-electron chi connectivity index (χ1n) is 13.6. The Morgan fingerprint density at radius 2 is 2.05 bits per heavy atom. The summed E-state index contributed by atoms with van der Waals surface area (Å²) in [4.78, 5) is 23.4. The van der Waals surface area contributed by atoms with E-state index >= 15 is 4.39 Å². The number of nitrogens with zero attached hydrogens (tertiary/aromatic N) is 6. The van der Waals surface area contributed by atoms with Gasteiger partial charge >= 0.3 is 0 Å². The summed E-state index contributed by atoms with van der Waals surface area (Å²) >= 11 is 6.71. The lowest BCUT2D eigenvalue weighted by Gasteiger charge is -2.47. The predicted octanol–water partition coefficient (Wildman–Crippen LogP) is 3.72. The zero-order valence-corrected chi connectivity index (χ0v) is 23.1. The smallest absolute Gasteiger partial charge is 0.245 e. The first-order valence-corrected chi connectivity index (χ1v) is 14.0. The number of pyridine rings is 1. The number of hydrogen-bond acceptors (Lipinski definition) is 6. The number of likely N-dealkylation sites (tertiary alicyclic amines) is 1. The molecule has 3 aromatic rings. The van der Waals surface area contributed by atoms with Crippen molar-refractivity contribution in [3.63, 3.8) is 0 Å². The lowest BCUT2D eigenvalue weighted by atomic mass is 9.79. The van der Waals surface area contributed by atoms with Crippen molar-refractivity contribution in [3.8, 4) is 11.1 Å². The van der Waals surface area contributed by atoms with E-state index < -0.39 is 0 Å². The Balaban J connectivity index is 1.35. The molecule has 8 nitrogen and oxygen atoms in total. The maximum Gasteiger partial charge on any atom is 0.245 e. The van der Waals surface area contributed by atoms with Crippen LogP contribution in [0, 0.1) is 18.2 Å². The van der Waals surface area contributed by atoms with Crippen LogP contribution in [0.3, 0.4) is 0 Å². The number of aryl methyl sites for hydroxylation is 1. The molecule has 0 N–H and O–H groups in total. The minimum atomic E-state index is -0.294. The van der Waals surface area contributed by atoms with Crippen LogP contribution in [0.25, 0.3) is 22.0 Å². The minimum absolute atomic E-state index is 0.0283. The second kappa shape index (κ2) is 9.01. The number of fused-ring (bicyclic) bond motifs is 2. The van der Waals surface area contributed by atoms with E-state index in [0.717, 1.165) is 59.5 Å². The Hall–Kier alpha value is -3.01.